The SMILES string of the molecule is O=C([O-])[C@@H]1[C@H](C(=O)NCc2ccccn2)[C@H]2C=C[C@@H]1O2. The molecule has 3 rings (SSSR count). The molecule has 1 N–H and O–H groups in total. The molecule has 0 unspecified atom stereocenters. The van der Waals surface area contributed by atoms with E-state index in [1.54, 1.807) is 30.5 Å². The Bertz CT molecular complexity index is 558. The molecule has 0 spiro atoms. The number of nitrogens with one attached hydrogen (secondary N) is 1. The van der Waals surface area contributed by atoms with E-state index in [0.717, 1.165) is 0 Å². The number of hydrogen-bond acceptors (Lipinski definition) is 5. The maximum Gasteiger partial charge on any atom is 0.227 e. The van der Waals surface area contributed by atoms with Gasteiger partial charge in [0, 0.05) is 18.1 Å². The van der Waals surface area contributed by atoms with Crippen LogP contribution >= 0.6 is 0 Å². The Morgan fingerprint density at radius 3 is 2.65 bits per heavy atom. The third kappa shape index (κ3) is 2.18. The lowest BCUT2D eigenvalue weighted by molar-refractivity contribution is -0.313. The van der Waals surface area contributed by atoms with E-state index in [-0.39, 0.29) is 12.5 Å². The molecule has 1 aromatic heterocycles. The highest BCUT2D eigenvalue weighted by atomic mass is 16.5. The van der Waals surface area contributed by atoms with Crippen molar-refractivity contribution in [2.75, 3.05) is 0 Å². The summed E-state index contributed by atoms with van der Waals surface area (Å²) in [4.78, 5) is 27.4. The van der Waals surface area contributed by atoms with Crippen LogP contribution in [0.25, 0.3) is 0 Å². The summed E-state index contributed by atoms with van der Waals surface area (Å²) in [5.41, 5.74) is 0.713. The van der Waals surface area contributed by atoms with Crippen LogP contribution in [0.3, 0.4) is 0 Å². The second-order valence-corrected chi connectivity index (χ2v) is 4.86. The lowest BCUT2D eigenvalue weighted by Gasteiger charge is -2.24. The fourth-order valence-corrected chi connectivity index (χ4v) is 2.70. The van der Waals surface area contributed by atoms with Gasteiger partial charge >= 0.3 is 0 Å². The Morgan fingerprint density at radius 1 is 1.25 bits per heavy atom. The van der Waals surface area contributed by atoms with Crippen LogP contribution < -0.4 is 10.4 Å². The molecule has 0 saturated carbocycles. The minimum Gasteiger partial charge on any atom is -0.550 e. The lowest BCUT2D eigenvalue weighted by atomic mass is 9.82. The normalized spacial score (nSPS) is 30.4. The first-order valence-electron chi connectivity index (χ1n) is 6.39. The van der Waals surface area contributed by atoms with E-state index in [9.17, 15) is 14.7 Å². The van der Waals surface area contributed by atoms with Crippen LogP contribution in [-0.4, -0.2) is 29.1 Å². The summed E-state index contributed by atoms with van der Waals surface area (Å²) in [7, 11) is 0. The van der Waals surface area contributed by atoms with E-state index in [1.165, 1.54) is 0 Å². The van der Waals surface area contributed by atoms with Gasteiger partial charge in [-0.25, -0.2) is 0 Å². The average Bonchev–Trinajstić information content (AvgIpc) is 3.06. The average molecular weight is 273 g/mol. The summed E-state index contributed by atoms with van der Waals surface area (Å²) < 4.78 is 5.42. The van der Waals surface area contributed by atoms with Crippen LogP contribution in [0.5, 0.6) is 0 Å². The molecule has 104 valence electrons. The number of carbonyl (C=O) groups excluding carboxylic acids is 2. The summed E-state index contributed by atoms with van der Waals surface area (Å²) >= 11 is 0. The van der Waals surface area contributed by atoms with E-state index in [0.29, 0.717) is 5.69 Å². The molecule has 0 aliphatic carbocycles. The number of hydrogen-bond donors (Lipinski definition) is 1. The topological polar surface area (TPSA) is 91.3 Å². The van der Waals surface area contributed by atoms with E-state index >= 15 is 0 Å². The molecule has 1 fully saturated rings. The third-order valence-corrected chi connectivity index (χ3v) is 3.64. The minimum atomic E-state index is -1.25. The standard InChI is InChI=1S/C14H14N2O4/c17-13(16-7-8-3-1-2-6-15-8)11-9-4-5-10(20-9)12(11)14(18)19/h1-6,9-12H,7H2,(H,16,17)(H,18,19)/p-1/t9-,10+,11-,12+/m1/s1. The van der Waals surface area contributed by atoms with Gasteiger partial charge in [-0.3, -0.25) is 9.78 Å². The van der Waals surface area contributed by atoms with Crippen molar-refractivity contribution < 1.29 is 19.4 Å². The number of pyridine rings is 1. The molecule has 1 aromatic rings. The third-order valence-electron chi connectivity index (χ3n) is 3.64. The summed E-state index contributed by atoms with van der Waals surface area (Å²) in [6.07, 6.45) is 4.00. The van der Waals surface area contributed by atoms with Gasteiger partial charge in [-0.2, -0.15) is 0 Å². The first-order valence-corrected chi connectivity index (χ1v) is 6.39. The van der Waals surface area contributed by atoms with Gasteiger partial charge in [0.15, 0.2) is 0 Å². The predicted molar refractivity (Wildman–Crippen MR) is 65.9 cm³/mol. The van der Waals surface area contributed by atoms with Crippen LogP contribution in [0.2, 0.25) is 0 Å². The predicted octanol–water partition coefficient (Wildman–Crippen LogP) is -0.983. The molecule has 2 bridgehead atoms. The number of carboxylic acid groups (broad SMARTS) is 1. The van der Waals surface area contributed by atoms with Crippen molar-refractivity contribution in [1.82, 2.24) is 10.3 Å². The molecule has 1 amide bonds. The van der Waals surface area contributed by atoms with Gasteiger partial charge in [0.25, 0.3) is 0 Å². The first-order chi connectivity index (χ1) is 9.66. The Hall–Kier alpha value is -2.21. The molecule has 0 radical (unpaired) electrons. The zero-order valence-electron chi connectivity index (χ0n) is 10.6. The molecule has 0 aromatic carbocycles. The lowest BCUT2D eigenvalue weighted by Crippen LogP contribution is -2.46. The van der Waals surface area contributed by atoms with Gasteiger partial charge in [0.05, 0.1) is 30.4 Å². The van der Waals surface area contributed by atoms with Crippen molar-refractivity contribution in [3.05, 3.63) is 42.2 Å². The minimum absolute atomic E-state index is 0.261. The second kappa shape index (κ2) is 5.05. The van der Waals surface area contributed by atoms with E-state index in [2.05, 4.69) is 10.3 Å². The number of aromatic nitrogens is 1. The van der Waals surface area contributed by atoms with Crippen molar-refractivity contribution in [3.63, 3.8) is 0 Å². The molecule has 4 atom stereocenters. The number of aliphatic carboxylic acids is 1. The van der Waals surface area contributed by atoms with Crippen molar-refractivity contribution in [2.45, 2.75) is 18.8 Å². The largest absolute Gasteiger partial charge is 0.550 e. The van der Waals surface area contributed by atoms with Gasteiger partial charge in [0.2, 0.25) is 5.91 Å². The molecule has 2 aliphatic rings. The molecule has 1 saturated heterocycles. The van der Waals surface area contributed by atoms with Gasteiger partial charge in [0.1, 0.15) is 0 Å². The summed E-state index contributed by atoms with van der Waals surface area (Å²) in [5.74, 6) is -3.26. The maximum atomic E-state index is 12.2. The van der Waals surface area contributed by atoms with Crippen LogP contribution in [-0.2, 0) is 20.9 Å². The van der Waals surface area contributed by atoms with Gasteiger partial charge in [-0.1, -0.05) is 18.2 Å². The van der Waals surface area contributed by atoms with Crippen LogP contribution in [0.4, 0.5) is 0 Å². The smallest absolute Gasteiger partial charge is 0.227 e. The van der Waals surface area contributed by atoms with E-state index in [4.69, 9.17) is 4.74 Å². The Labute approximate surface area is 115 Å². The number of carboxylic acids is 1. The van der Waals surface area contributed by atoms with Crippen molar-refractivity contribution in [1.29, 1.82) is 0 Å². The van der Waals surface area contributed by atoms with Crippen molar-refractivity contribution in [3.8, 4) is 0 Å². The van der Waals surface area contributed by atoms with Crippen LogP contribution in [0.15, 0.2) is 36.5 Å². The Morgan fingerprint density at radius 2 is 2.00 bits per heavy atom. The zero-order valence-corrected chi connectivity index (χ0v) is 10.6. The highest BCUT2D eigenvalue weighted by molar-refractivity contribution is 5.86. The number of ether oxygens (including phenoxy) is 1. The summed E-state index contributed by atoms with van der Waals surface area (Å²) in [6.45, 7) is 0.261. The first kappa shape index (κ1) is 12.8. The van der Waals surface area contributed by atoms with E-state index < -0.39 is 30.0 Å². The molecular weight excluding hydrogens is 260 g/mol. The second-order valence-electron chi connectivity index (χ2n) is 4.86. The fraction of sp³-hybridized carbons (Fsp3) is 0.357. The number of carbonyl (C=O) groups is 2. The van der Waals surface area contributed by atoms with Crippen LogP contribution in [0.1, 0.15) is 5.69 Å². The number of amides is 1. The van der Waals surface area contributed by atoms with E-state index in [1.807, 2.05) is 6.07 Å². The molecular formula is C14H13N2O4-. The zero-order chi connectivity index (χ0) is 14.1. The number of nitrogens with zero attached hydrogens (tertiary/aromatic N) is 1. The number of fused-ring (bicyclic) bond motifs is 2. The monoisotopic (exact) mass is 273 g/mol. The van der Waals surface area contributed by atoms with Crippen molar-refractivity contribution >= 4 is 11.9 Å². The molecule has 6 nitrogen and oxygen atoms in total. The quantitative estimate of drug-likeness (QED) is 0.712. The van der Waals surface area contributed by atoms with Gasteiger partial charge in [-0.15, -0.1) is 0 Å². The highest BCUT2D eigenvalue weighted by Crippen LogP contribution is 2.38. The molecule has 2 aliphatic heterocycles. The number of rotatable bonds is 4. The van der Waals surface area contributed by atoms with Gasteiger partial charge in [-0.05, 0) is 12.1 Å². The summed E-state index contributed by atoms with van der Waals surface area (Å²) in [6, 6.07) is 5.39. The maximum absolute atomic E-state index is 12.2. The van der Waals surface area contributed by atoms with Crippen LogP contribution in [0, 0.1) is 11.8 Å². The molecule has 3 heterocycles. The van der Waals surface area contributed by atoms with Gasteiger partial charge < -0.3 is 20.0 Å². The highest BCUT2D eigenvalue weighted by Gasteiger charge is 2.50. The Kier molecular flexibility index (Phi) is 3.23. The fourth-order valence-electron chi connectivity index (χ4n) is 2.70. The van der Waals surface area contributed by atoms with Crippen molar-refractivity contribution in [2.24, 2.45) is 11.8 Å². The molecule has 20 heavy (non-hydrogen) atoms. The molecule has 6 heteroatoms. The Balaban J connectivity index is 1.68. The summed E-state index contributed by atoms with van der Waals surface area (Å²) in [5, 5.41) is 13.9.